The van der Waals surface area contributed by atoms with Gasteiger partial charge < -0.3 is 5.32 Å². The Morgan fingerprint density at radius 3 is 2.07 bits per heavy atom. The third kappa shape index (κ3) is 5.35. The summed E-state index contributed by atoms with van der Waals surface area (Å²) in [5, 5.41) is 3.00. The summed E-state index contributed by atoms with van der Waals surface area (Å²) in [6.07, 6.45) is 2.71. The van der Waals surface area contributed by atoms with E-state index in [0.29, 0.717) is 12.1 Å². The van der Waals surface area contributed by atoms with Crippen LogP contribution in [0.4, 0.5) is 5.69 Å². The van der Waals surface area contributed by atoms with Crippen molar-refractivity contribution >= 4 is 21.6 Å². The largest absolute Gasteiger partial charge is 0.347 e. The molecule has 0 saturated heterocycles. The van der Waals surface area contributed by atoms with Gasteiger partial charge in [-0.05, 0) is 49.9 Å². The molecule has 0 fully saturated rings. The molecule has 2 aromatic carbocycles. The highest BCUT2D eigenvalue weighted by molar-refractivity contribution is 7.92. The molecule has 0 aliphatic rings. The molecule has 0 saturated carbocycles. The van der Waals surface area contributed by atoms with E-state index in [4.69, 9.17) is 0 Å². The maximum Gasteiger partial charge on any atom is 0.244 e. The van der Waals surface area contributed by atoms with Crippen molar-refractivity contribution in [3.63, 3.8) is 0 Å². The number of nitrogens with zero attached hydrogens (tertiary/aromatic N) is 1. The number of aryl methyl sites for hydroxylation is 2. The van der Waals surface area contributed by atoms with E-state index >= 15 is 0 Å². The van der Waals surface area contributed by atoms with Crippen LogP contribution in [0.3, 0.4) is 0 Å². The van der Waals surface area contributed by atoms with Crippen LogP contribution in [0.15, 0.2) is 48.5 Å². The summed E-state index contributed by atoms with van der Waals surface area (Å²) >= 11 is 0. The number of nitrogens with one attached hydrogen (secondary N) is 1. The molecule has 28 heavy (non-hydrogen) atoms. The lowest BCUT2D eigenvalue weighted by molar-refractivity contribution is -0.122. The van der Waals surface area contributed by atoms with Gasteiger partial charge in [0.1, 0.15) is 6.04 Å². The number of rotatable bonds is 8. The van der Waals surface area contributed by atoms with Crippen molar-refractivity contribution in [1.29, 1.82) is 0 Å². The highest BCUT2D eigenvalue weighted by Crippen LogP contribution is 2.23. The van der Waals surface area contributed by atoms with E-state index in [1.807, 2.05) is 57.2 Å². The van der Waals surface area contributed by atoms with E-state index < -0.39 is 16.1 Å². The molecule has 0 aliphatic heterocycles. The maximum atomic E-state index is 12.9. The van der Waals surface area contributed by atoms with Crippen LogP contribution in [0.25, 0.3) is 0 Å². The summed E-state index contributed by atoms with van der Waals surface area (Å²) in [5.74, 6) is -0.322. The molecule has 0 heterocycles. The Hall–Kier alpha value is -2.34. The van der Waals surface area contributed by atoms with Crippen LogP contribution in [0.1, 0.15) is 49.9 Å². The fraction of sp³-hybridized carbons (Fsp3) is 0.409. The normalized spacial score (nSPS) is 13.6. The van der Waals surface area contributed by atoms with Crippen LogP contribution in [0.2, 0.25) is 0 Å². The number of benzene rings is 2. The van der Waals surface area contributed by atoms with Gasteiger partial charge in [-0.2, -0.15) is 0 Å². The average Bonchev–Trinajstić information content (AvgIpc) is 2.66. The Kier molecular flexibility index (Phi) is 7.24. The molecule has 0 aromatic heterocycles. The summed E-state index contributed by atoms with van der Waals surface area (Å²) in [5.41, 5.74) is 3.76. The molecule has 2 aromatic rings. The second-order valence-electron chi connectivity index (χ2n) is 7.13. The molecule has 0 aliphatic carbocycles. The molecular formula is C22H30N2O3S. The predicted molar refractivity (Wildman–Crippen MR) is 115 cm³/mol. The summed E-state index contributed by atoms with van der Waals surface area (Å²) in [6.45, 7) is 7.66. The third-order valence-electron chi connectivity index (χ3n) is 4.89. The molecule has 152 valence electrons. The molecule has 1 amide bonds. The summed E-state index contributed by atoms with van der Waals surface area (Å²) in [4.78, 5) is 12.9. The minimum Gasteiger partial charge on any atom is -0.347 e. The van der Waals surface area contributed by atoms with Gasteiger partial charge in [-0.3, -0.25) is 9.10 Å². The van der Waals surface area contributed by atoms with Crippen molar-refractivity contribution in [2.45, 2.75) is 52.6 Å². The van der Waals surface area contributed by atoms with Gasteiger partial charge in [0, 0.05) is 0 Å². The zero-order chi connectivity index (χ0) is 20.9. The molecule has 1 N–H and O–H groups in total. The highest BCUT2D eigenvalue weighted by Gasteiger charge is 2.30. The van der Waals surface area contributed by atoms with E-state index in [1.165, 1.54) is 4.31 Å². The Balaban J connectivity index is 2.26. The minimum absolute atomic E-state index is 0.167. The van der Waals surface area contributed by atoms with Crippen molar-refractivity contribution in [3.05, 3.63) is 65.2 Å². The van der Waals surface area contributed by atoms with Crippen LogP contribution in [-0.2, 0) is 21.2 Å². The number of carbonyl (C=O) groups excluding carboxylic acids is 1. The lowest BCUT2D eigenvalue weighted by atomic mass is 10.0. The second-order valence-corrected chi connectivity index (χ2v) is 8.99. The molecule has 0 radical (unpaired) electrons. The number of anilines is 1. The van der Waals surface area contributed by atoms with Crippen molar-refractivity contribution < 1.29 is 13.2 Å². The van der Waals surface area contributed by atoms with Gasteiger partial charge in [0.25, 0.3) is 0 Å². The van der Waals surface area contributed by atoms with Crippen molar-refractivity contribution in [2.75, 3.05) is 10.6 Å². The first-order valence-electron chi connectivity index (χ1n) is 9.62. The Morgan fingerprint density at radius 1 is 1.04 bits per heavy atom. The van der Waals surface area contributed by atoms with E-state index in [2.05, 4.69) is 5.32 Å². The fourth-order valence-electron chi connectivity index (χ4n) is 3.20. The molecule has 6 heteroatoms. The van der Waals surface area contributed by atoms with Crippen molar-refractivity contribution in [3.8, 4) is 0 Å². The second kappa shape index (κ2) is 9.24. The first-order chi connectivity index (χ1) is 13.2. The SMILES string of the molecule is CCc1ccc(N(C(C)C(=O)NC(CC)c2ccc(C)cc2)S(C)(=O)=O)cc1. The standard InChI is InChI=1S/C22H30N2O3S/c1-6-18-10-14-20(15-11-18)24(28(5,26)27)17(4)22(25)23-21(7-2)19-12-8-16(3)9-13-19/h8-15,17,21H,6-7H2,1-5H3,(H,23,25). The average molecular weight is 403 g/mol. The number of amides is 1. The Bertz CT molecular complexity index is 890. The fourth-order valence-corrected chi connectivity index (χ4v) is 4.37. The van der Waals surface area contributed by atoms with Gasteiger partial charge >= 0.3 is 0 Å². The van der Waals surface area contributed by atoms with Crippen LogP contribution in [-0.4, -0.2) is 26.6 Å². The number of carbonyl (C=O) groups is 1. The zero-order valence-electron chi connectivity index (χ0n) is 17.3. The van der Waals surface area contributed by atoms with E-state index in [9.17, 15) is 13.2 Å². The maximum absolute atomic E-state index is 12.9. The highest BCUT2D eigenvalue weighted by atomic mass is 32.2. The van der Waals surface area contributed by atoms with Gasteiger partial charge in [-0.1, -0.05) is 55.8 Å². The molecule has 0 spiro atoms. The van der Waals surface area contributed by atoms with Crippen LogP contribution in [0.5, 0.6) is 0 Å². The molecule has 2 rings (SSSR count). The molecule has 5 nitrogen and oxygen atoms in total. The zero-order valence-corrected chi connectivity index (χ0v) is 18.1. The number of hydrogen-bond acceptors (Lipinski definition) is 3. The quantitative estimate of drug-likeness (QED) is 0.726. The summed E-state index contributed by atoms with van der Waals surface area (Å²) < 4.78 is 26.1. The van der Waals surface area contributed by atoms with Crippen molar-refractivity contribution in [2.24, 2.45) is 0 Å². The van der Waals surface area contributed by atoms with E-state index in [0.717, 1.165) is 29.4 Å². The Labute approximate surface area is 168 Å². The lowest BCUT2D eigenvalue weighted by Crippen LogP contribution is -2.48. The van der Waals surface area contributed by atoms with Gasteiger partial charge in [0.2, 0.25) is 15.9 Å². The van der Waals surface area contributed by atoms with Gasteiger partial charge in [-0.15, -0.1) is 0 Å². The minimum atomic E-state index is -3.62. The van der Waals surface area contributed by atoms with Gasteiger partial charge in [0.15, 0.2) is 0 Å². The molecule has 2 atom stereocenters. The molecule has 0 bridgehead atoms. The lowest BCUT2D eigenvalue weighted by Gasteiger charge is -2.30. The molecule has 2 unspecified atom stereocenters. The summed E-state index contributed by atoms with van der Waals surface area (Å²) in [7, 11) is -3.62. The first-order valence-corrected chi connectivity index (χ1v) is 11.5. The predicted octanol–water partition coefficient (Wildman–Crippen LogP) is 3.98. The topological polar surface area (TPSA) is 66.5 Å². The third-order valence-corrected chi connectivity index (χ3v) is 6.13. The van der Waals surface area contributed by atoms with Crippen LogP contribution < -0.4 is 9.62 Å². The number of hydrogen-bond donors (Lipinski definition) is 1. The smallest absolute Gasteiger partial charge is 0.244 e. The van der Waals surface area contributed by atoms with Gasteiger partial charge in [-0.25, -0.2) is 8.42 Å². The molecular weight excluding hydrogens is 372 g/mol. The summed E-state index contributed by atoms with van der Waals surface area (Å²) in [6, 6.07) is 14.2. The monoisotopic (exact) mass is 402 g/mol. The Morgan fingerprint density at radius 2 is 1.61 bits per heavy atom. The van der Waals surface area contributed by atoms with Gasteiger partial charge in [0.05, 0.1) is 18.0 Å². The van der Waals surface area contributed by atoms with E-state index in [1.54, 1.807) is 19.1 Å². The van der Waals surface area contributed by atoms with Crippen LogP contribution >= 0.6 is 0 Å². The first kappa shape index (κ1) is 22.0. The van der Waals surface area contributed by atoms with E-state index in [-0.39, 0.29) is 11.9 Å². The van der Waals surface area contributed by atoms with Crippen LogP contribution in [0, 0.1) is 6.92 Å². The van der Waals surface area contributed by atoms with Crippen molar-refractivity contribution in [1.82, 2.24) is 5.32 Å². The number of sulfonamides is 1.